The van der Waals surface area contributed by atoms with Crippen molar-refractivity contribution < 1.29 is 19.0 Å². The number of hydrogen-bond acceptors (Lipinski definition) is 5. The second-order valence-electron chi connectivity index (χ2n) is 5.88. The first-order valence-electron chi connectivity index (χ1n) is 7.81. The second-order valence-corrected chi connectivity index (χ2v) is 6.79. The Morgan fingerprint density at radius 3 is 2.64 bits per heavy atom. The van der Waals surface area contributed by atoms with Crippen LogP contribution in [-0.2, 0) is 9.53 Å². The second kappa shape index (κ2) is 6.11. The minimum Gasteiger partial charge on any atom is -0.493 e. The fourth-order valence-electron chi connectivity index (χ4n) is 3.40. The van der Waals surface area contributed by atoms with E-state index >= 15 is 0 Å². The van der Waals surface area contributed by atoms with Gasteiger partial charge >= 0.3 is 5.97 Å². The number of cyclic esters (lactones) is 1. The van der Waals surface area contributed by atoms with Gasteiger partial charge in [0, 0.05) is 22.1 Å². The van der Waals surface area contributed by atoms with Gasteiger partial charge in [-0.1, -0.05) is 28.1 Å². The number of carbonyl (C=O) groups is 1. The van der Waals surface area contributed by atoms with Gasteiger partial charge in [-0.05, 0) is 29.3 Å². The highest BCUT2D eigenvalue weighted by molar-refractivity contribution is 9.10. The average Bonchev–Trinajstić information content (AvgIpc) is 2.99. The van der Waals surface area contributed by atoms with Gasteiger partial charge in [-0.2, -0.15) is 0 Å². The summed E-state index contributed by atoms with van der Waals surface area (Å²) in [6.45, 7) is 0.256. The van der Waals surface area contributed by atoms with Gasteiger partial charge in [0.1, 0.15) is 6.61 Å². The summed E-state index contributed by atoms with van der Waals surface area (Å²) in [5, 5.41) is 3.32. The Hall–Kier alpha value is -2.47. The van der Waals surface area contributed by atoms with Crippen LogP contribution in [0.1, 0.15) is 17.0 Å². The number of nitrogens with one attached hydrogen (secondary N) is 1. The molecule has 128 valence electrons. The van der Waals surface area contributed by atoms with Gasteiger partial charge in [0.15, 0.2) is 11.5 Å². The van der Waals surface area contributed by atoms with Crippen molar-refractivity contribution in [2.75, 3.05) is 26.1 Å². The molecule has 0 aliphatic carbocycles. The van der Waals surface area contributed by atoms with Crippen molar-refractivity contribution in [3.63, 3.8) is 0 Å². The van der Waals surface area contributed by atoms with Crippen LogP contribution in [0.2, 0.25) is 0 Å². The molecule has 2 heterocycles. The van der Waals surface area contributed by atoms with E-state index in [1.54, 1.807) is 14.2 Å². The van der Waals surface area contributed by atoms with E-state index in [4.69, 9.17) is 14.2 Å². The summed E-state index contributed by atoms with van der Waals surface area (Å²) in [5.41, 5.74) is 4.30. The molecule has 4 rings (SSSR count). The predicted octanol–water partition coefficient (Wildman–Crippen LogP) is 3.83. The van der Waals surface area contributed by atoms with E-state index in [2.05, 4.69) is 21.2 Å². The molecule has 2 aliphatic heterocycles. The molecule has 0 saturated carbocycles. The lowest BCUT2D eigenvalue weighted by molar-refractivity contribution is -0.136. The van der Waals surface area contributed by atoms with E-state index in [1.165, 1.54) is 0 Å². The molecule has 1 atom stereocenters. The molecule has 0 aromatic heterocycles. The van der Waals surface area contributed by atoms with E-state index in [0.717, 1.165) is 27.0 Å². The highest BCUT2D eigenvalue weighted by Crippen LogP contribution is 2.48. The van der Waals surface area contributed by atoms with Crippen LogP contribution in [0.3, 0.4) is 0 Å². The summed E-state index contributed by atoms with van der Waals surface area (Å²) in [7, 11) is 3.20. The standard InChI is InChI=1S/C19H16BrNO4/c1-23-15-7-12-13(8-16(15)24-2)21-14-9-25-19(22)18(14)17(12)10-4-3-5-11(20)6-10/h3-8,17,21H,9H2,1-2H3/t17-/m0/s1. The third-order valence-electron chi connectivity index (χ3n) is 4.52. The summed E-state index contributed by atoms with van der Waals surface area (Å²) in [5.74, 6) is 0.751. The zero-order chi connectivity index (χ0) is 17.6. The molecule has 0 unspecified atom stereocenters. The first-order chi connectivity index (χ1) is 12.1. The lowest BCUT2D eigenvalue weighted by atomic mass is 9.81. The lowest BCUT2D eigenvalue weighted by Crippen LogP contribution is -2.20. The predicted molar refractivity (Wildman–Crippen MR) is 97.1 cm³/mol. The summed E-state index contributed by atoms with van der Waals surface area (Å²) in [4.78, 5) is 12.4. The molecule has 0 fully saturated rings. The van der Waals surface area contributed by atoms with Crippen LogP contribution in [0.15, 0.2) is 52.1 Å². The summed E-state index contributed by atoms with van der Waals surface area (Å²) < 4.78 is 17.1. The van der Waals surface area contributed by atoms with E-state index in [-0.39, 0.29) is 18.5 Å². The molecule has 0 saturated heterocycles. The Morgan fingerprint density at radius 1 is 1.16 bits per heavy atom. The van der Waals surface area contributed by atoms with Gasteiger partial charge in [-0.15, -0.1) is 0 Å². The van der Waals surface area contributed by atoms with E-state index in [1.807, 2.05) is 36.4 Å². The van der Waals surface area contributed by atoms with Crippen LogP contribution in [0.4, 0.5) is 5.69 Å². The van der Waals surface area contributed by atoms with Crippen molar-refractivity contribution in [1.82, 2.24) is 0 Å². The number of halogens is 1. The third kappa shape index (κ3) is 2.57. The molecule has 5 nitrogen and oxygen atoms in total. The maximum Gasteiger partial charge on any atom is 0.337 e. The fourth-order valence-corrected chi connectivity index (χ4v) is 3.82. The van der Waals surface area contributed by atoms with Crippen LogP contribution < -0.4 is 14.8 Å². The van der Waals surface area contributed by atoms with Crippen LogP contribution in [0.25, 0.3) is 0 Å². The Bertz CT molecular complexity index is 906. The molecule has 2 aromatic rings. The van der Waals surface area contributed by atoms with Gasteiger partial charge in [-0.3, -0.25) is 0 Å². The fraction of sp³-hybridized carbons (Fsp3) is 0.211. The lowest BCUT2D eigenvalue weighted by Gasteiger charge is -2.28. The Labute approximate surface area is 153 Å². The number of rotatable bonds is 3. The van der Waals surface area contributed by atoms with Gasteiger partial charge in [0.05, 0.1) is 25.5 Å². The summed E-state index contributed by atoms with van der Waals surface area (Å²) in [6.07, 6.45) is 0. The number of benzene rings is 2. The van der Waals surface area contributed by atoms with Crippen molar-refractivity contribution in [2.45, 2.75) is 5.92 Å². The maximum absolute atomic E-state index is 12.4. The van der Waals surface area contributed by atoms with Crippen LogP contribution in [-0.4, -0.2) is 26.8 Å². The first kappa shape index (κ1) is 16.0. The number of fused-ring (bicyclic) bond motifs is 1. The van der Waals surface area contributed by atoms with E-state index in [0.29, 0.717) is 17.1 Å². The van der Waals surface area contributed by atoms with Crippen LogP contribution >= 0.6 is 15.9 Å². The molecule has 1 N–H and O–H groups in total. The van der Waals surface area contributed by atoms with Gasteiger partial charge < -0.3 is 19.5 Å². The van der Waals surface area contributed by atoms with Gasteiger partial charge in [0.2, 0.25) is 0 Å². The average molecular weight is 402 g/mol. The Kier molecular flexibility index (Phi) is 3.92. The third-order valence-corrected chi connectivity index (χ3v) is 5.01. The highest BCUT2D eigenvalue weighted by atomic mass is 79.9. The highest BCUT2D eigenvalue weighted by Gasteiger charge is 2.39. The number of carbonyl (C=O) groups excluding carboxylic acids is 1. The molecule has 6 heteroatoms. The normalized spacial score (nSPS) is 18.2. The smallest absolute Gasteiger partial charge is 0.337 e. The molecule has 2 aliphatic rings. The molecule has 0 bridgehead atoms. The minimum atomic E-state index is -0.284. The number of methoxy groups -OCH3 is 2. The monoisotopic (exact) mass is 401 g/mol. The number of anilines is 1. The molecular formula is C19H16BrNO4. The Balaban J connectivity index is 1.95. The van der Waals surface area contributed by atoms with E-state index in [9.17, 15) is 4.79 Å². The molecule has 2 aromatic carbocycles. The molecule has 25 heavy (non-hydrogen) atoms. The maximum atomic E-state index is 12.4. The van der Waals surface area contributed by atoms with Crippen LogP contribution in [0, 0.1) is 0 Å². The van der Waals surface area contributed by atoms with Crippen molar-refractivity contribution in [3.8, 4) is 11.5 Å². The Morgan fingerprint density at radius 2 is 1.92 bits per heavy atom. The van der Waals surface area contributed by atoms with E-state index < -0.39 is 0 Å². The zero-order valence-corrected chi connectivity index (χ0v) is 15.3. The SMILES string of the molecule is COc1cc2c(cc1OC)[C@H](c1cccc(Br)c1)C1=C(COC1=O)N2. The largest absolute Gasteiger partial charge is 0.493 e. The summed E-state index contributed by atoms with van der Waals surface area (Å²) in [6, 6.07) is 11.8. The molecule has 0 amide bonds. The zero-order valence-electron chi connectivity index (χ0n) is 13.8. The van der Waals surface area contributed by atoms with Crippen molar-refractivity contribution in [3.05, 3.63) is 63.3 Å². The van der Waals surface area contributed by atoms with Crippen LogP contribution in [0.5, 0.6) is 11.5 Å². The number of ether oxygens (including phenoxy) is 3. The molecule has 0 radical (unpaired) electrons. The van der Waals surface area contributed by atoms with Crippen molar-refractivity contribution in [1.29, 1.82) is 0 Å². The number of hydrogen-bond donors (Lipinski definition) is 1. The van der Waals surface area contributed by atoms with Gasteiger partial charge in [-0.25, -0.2) is 4.79 Å². The summed E-state index contributed by atoms with van der Waals surface area (Å²) >= 11 is 3.51. The topological polar surface area (TPSA) is 56.8 Å². The minimum absolute atomic E-state index is 0.224. The first-order valence-corrected chi connectivity index (χ1v) is 8.60. The van der Waals surface area contributed by atoms with Crippen molar-refractivity contribution in [2.24, 2.45) is 0 Å². The van der Waals surface area contributed by atoms with Gasteiger partial charge in [0.25, 0.3) is 0 Å². The molecule has 0 spiro atoms. The molecular weight excluding hydrogens is 386 g/mol. The number of esters is 1. The van der Waals surface area contributed by atoms with Crippen molar-refractivity contribution >= 4 is 27.6 Å². The quantitative estimate of drug-likeness (QED) is 0.791.